The van der Waals surface area contributed by atoms with Crippen LogP contribution in [0.2, 0.25) is 0 Å². The highest BCUT2D eigenvalue weighted by Crippen LogP contribution is 2.21. The summed E-state index contributed by atoms with van der Waals surface area (Å²) in [6, 6.07) is 5.02. The number of amides is 1. The standard InChI is InChI=1S/C13H18INO2/c1-9(2)6-7-15(3)13(17)10-4-5-11(14)12(16)8-10/h4-5,8-9,16H,6-7H2,1-3H3. The lowest BCUT2D eigenvalue weighted by molar-refractivity contribution is 0.0788. The van der Waals surface area contributed by atoms with Crippen LogP contribution in [-0.2, 0) is 0 Å². The molecule has 0 aliphatic carbocycles. The predicted molar refractivity (Wildman–Crippen MR) is 77.2 cm³/mol. The first-order chi connectivity index (χ1) is 7.91. The Morgan fingerprint density at radius 1 is 1.47 bits per heavy atom. The summed E-state index contributed by atoms with van der Waals surface area (Å²) in [7, 11) is 1.79. The first-order valence-corrected chi connectivity index (χ1v) is 6.73. The SMILES string of the molecule is CC(C)CCN(C)C(=O)c1ccc(I)c(O)c1. The van der Waals surface area contributed by atoms with Crippen LogP contribution < -0.4 is 0 Å². The van der Waals surface area contributed by atoms with Gasteiger partial charge in [-0.2, -0.15) is 0 Å². The molecule has 1 aromatic carbocycles. The fraction of sp³-hybridized carbons (Fsp3) is 0.462. The number of hydrogen-bond acceptors (Lipinski definition) is 2. The second-order valence-electron chi connectivity index (χ2n) is 4.58. The minimum absolute atomic E-state index is 0.0441. The summed E-state index contributed by atoms with van der Waals surface area (Å²) in [5.74, 6) is 0.696. The summed E-state index contributed by atoms with van der Waals surface area (Å²) in [6.45, 7) is 5.01. The van der Waals surface area contributed by atoms with Crippen LogP contribution in [0, 0.1) is 9.49 Å². The molecule has 3 nitrogen and oxygen atoms in total. The van der Waals surface area contributed by atoms with Gasteiger partial charge in [0.25, 0.3) is 5.91 Å². The highest BCUT2D eigenvalue weighted by Gasteiger charge is 2.13. The lowest BCUT2D eigenvalue weighted by Crippen LogP contribution is -2.28. The minimum atomic E-state index is -0.0441. The Hall–Kier alpha value is -0.780. The Balaban J connectivity index is 2.71. The van der Waals surface area contributed by atoms with Gasteiger partial charge >= 0.3 is 0 Å². The van der Waals surface area contributed by atoms with Gasteiger partial charge in [0.05, 0.1) is 3.57 Å². The van der Waals surface area contributed by atoms with E-state index in [1.54, 1.807) is 24.1 Å². The molecule has 94 valence electrons. The molecule has 0 aromatic heterocycles. The fourth-order valence-corrected chi connectivity index (χ4v) is 1.75. The number of benzene rings is 1. The van der Waals surface area contributed by atoms with Crippen LogP contribution in [0.1, 0.15) is 30.6 Å². The highest BCUT2D eigenvalue weighted by atomic mass is 127. The van der Waals surface area contributed by atoms with Gasteiger partial charge in [0.15, 0.2) is 0 Å². The smallest absolute Gasteiger partial charge is 0.253 e. The van der Waals surface area contributed by atoms with Crippen LogP contribution in [0.25, 0.3) is 0 Å². The molecule has 0 saturated carbocycles. The number of carbonyl (C=O) groups excluding carboxylic acids is 1. The Morgan fingerprint density at radius 2 is 2.12 bits per heavy atom. The second kappa shape index (κ2) is 6.23. The van der Waals surface area contributed by atoms with E-state index in [1.807, 2.05) is 22.6 Å². The van der Waals surface area contributed by atoms with Crippen molar-refractivity contribution in [1.82, 2.24) is 4.90 Å². The molecule has 17 heavy (non-hydrogen) atoms. The third kappa shape index (κ3) is 4.18. The van der Waals surface area contributed by atoms with Crippen molar-refractivity contribution in [3.63, 3.8) is 0 Å². The van der Waals surface area contributed by atoms with E-state index in [-0.39, 0.29) is 11.7 Å². The summed E-state index contributed by atoms with van der Waals surface area (Å²) in [4.78, 5) is 13.7. The molecule has 0 heterocycles. The van der Waals surface area contributed by atoms with Crippen molar-refractivity contribution in [1.29, 1.82) is 0 Å². The molecule has 1 amide bonds. The van der Waals surface area contributed by atoms with Gasteiger partial charge < -0.3 is 10.0 Å². The number of phenolic OH excluding ortho intramolecular Hbond substituents is 1. The van der Waals surface area contributed by atoms with Crippen LogP contribution in [0.5, 0.6) is 5.75 Å². The van der Waals surface area contributed by atoms with Gasteiger partial charge in [0.1, 0.15) is 5.75 Å². The van der Waals surface area contributed by atoms with Gasteiger partial charge in [-0.25, -0.2) is 0 Å². The van der Waals surface area contributed by atoms with E-state index < -0.39 is 0 Å². The molecule has 0 spiro atoms. The molecule has 0 aliphatic heterocycles. The normalized spacial score (nSPS) is 10.6. The van der Waals surface area contributed by atoms with E-state index in [0.29, 0.717) is 11.5 Å². The maximum absolute atomic E-state index is 12.0. The topological polar surface area (TPSA) is 40.5 Å². The van der Waals surface area contributed by atoms with E-state index in [1.165, 1.54) is 6.07 Å². The van der Waals surface area contributed by atoms with Crippen molar-refractivity contribution in [2.45, 2.75) is 20.3 Å². The van der Waals surface area contributed by atoms with Crippen molar-refractivity contribution in [3.05, 3.63) is 27.3 Å². The van der Waals surface area contributed by atoms with E-state index in [4.69, 9.17) is 0 Å². The molecule has 1 N–H and O–H groups in total. The molecular formula is C13H18INO2. The number of halogens is 1. The van der Waals surface area contributed by atoms with Crippen molar-refractivity contribution in [3.8, 4) is 5.75 Å². The average Bonchev–Trinajstić information content (AvgIpc) is 2.28. The molecule has 0 bridgehead atoms. The summed E-state index contributed by atoms with van der Waals surface area (Å²) in [5, 5.41) is 9.57. The van der Waals surface area contributed by atoms with Crippen LogP contribution in [0.15, 0.2) is 18.2 Å². The maximum Gasteiger partial charge on any atom is 0.253 e. The van der Waals surface area contributed by atoms with Gasteiger partial charge in [-0.15, -0.1) is 0 Å². The molecule has 0 unspecified atom stereocenters. The van der Waals surface area contributed by atoms with Gasteiger partial charge in [-0.05, 0) is 53.1 Å². The van der Waals surface area contributed by atoms with Gasteiger partial charge in [-0.1, -0.05) is 13.8 Å². The monoisotopic (exact) mass is 347 g/mol. The molecule has 0 radical (unpaired) electrons. The van der Waals surface area contributed by atoms with Crippen molar-refractivity contribution < 1.29 is 9.90 Å². The van der Waals surface area contributed by atoms with Gasteiger partial charge in [0, 0.05) is 19.2 Å². The lowest BCUT2D eigenvalue weighted by atomic mass is 10.1. The maximum atomic E-state index is 12.0. The summed E-state index contributed by atoms with van der Waals surface area (Å²) in [6.07, 6.45) is 0.985. The first kappa shape index (κ1) is 14.3. The summed E-state index contributed by atoms with van der Waals surface area (Å²) in [5.41, 5.74) is 0.536. The molecule has 1 aromatic rings. The molecule has 0 atom stereocenters. The number of aromatic hydroxyl groups is 1. The third-order valence-electron chi connectivity index (χ3n) is 2.58. The van der Waals surface area contributed by atoms with Crippen LogP contribution in [0.3, 0.4) is 0 Å². The van der Waals surface area contributed by atoms with Crippen LogP contribution in [0.4, 0.5) is 0 Å². The molecular weight excluding hydrogens is 329 g/mol. The molecule has 1 rings (SSSR count). The largest absolute Gasteiger partial charge is 0.507 e. The fourth-order valence-electron chi connectivity index (χ4n) is 1.42. The summed E-state index contributed by atoms with van der Waals surface area (Å²) >= 11 is 2.03. The van der Waals surface area contributed by atoms with Crippen LogP contribution >= 0.6 is 22.6 Å². The van der Waals surface area contributed by atoms with Gasteiger partial charge in [-0.3, -0.25) is 4.79 Å². The van der Waals surface area contributed by atoms with Crippen LogP contribution in [-0.4, -0.2) is 29.5 Å². The number of phenols is 1. The molecule has 0 fully saturated rings. The van der Waals surface area contributed by atoms with E-state index in [2.05, 4.69) is 13.8 Å². The minimum Gasteiger partial charge on any atom is -0.507 e. The summed E-state index contributed by atoms with van der Waals surface area (Å²) < 4.78 is 0.754. The van der Waals surface area contributed by atoms with Gasteiger partial charge in [0.2, 0.25) is 0 Å². The van der Waals surface area contributed by atoms with Crippen molar-refractivity contribution in [2.24, 2.45) is 5.92 Å². The van der Waals surface area contributed by atoms with E-state index >= 15 is 0 Å². The van der Waals surface area contributed by atoms with E-state index in [9.17, 15) is 9.90 Å². The zero-order chi connectivity index (χ0) is 13.0. The Labute approximate surface area is 116 Å². The molecule has 0 saturated heterocycles. The Morgan fingerprint density at radius 3 is 2.65 bits per heavy atom. The van der Waals surface area contributed by atoms with Crippen molar-refractivity contribution in [2.75, 3.05) is 13.6 Å². The number of nitrogens with zero attached hydrogens (tertiary/aromatic N) is 1. The Kier molecular flexibility index (Phi) is 5.24. The number of rotatable bonds is 4. The zero-order valence-corrected chi connectivity index (χ0v) is 12.6. The zero-order valence-electron chi connectivity index (χ0n) is 10.4. The average molecular weight is 347 g/mol. The third-order valence-corrected chi connectivity index (χ3v) is 3.49. The first-order valence-electron chi connectivity index (χ1n) is 5.65. The second-order valence-corrected chi connectivity index (χ2v) is 5.74. The molecule has 4 heteroatoms. The van der Waals surface area contributed by atoms with Crippen molar-refractivity contribution >= 4 is 28.5 Å². The highest BCUT2D eigenvalue weighted by molar-refractivity contribution is 14.1. The number of carbonyl (C=O) groups is 1. The quantitative estimate of drug-likeness (QED) is 0.851. The lowest BCUT2D eigenvalue weighted by Gasteiger charge is -2.18. The predicted octanol–water partition coefficient (Wildman–Crippen LogP) is 3.11. The Bertz CT molecular complexity index is 404. The van der Waals surface area contributed by atoms with E-state index in [0.717, 1.165) is 16.5 Å². The number of hydrogen-bond donors (Lipinski definition) is 1. The molecule has 0 aliphatic rings.